The second kappa shape index (κ2) is 7.94. The summed E-state index contributed by atoms with van der Waals surface area (Å²) in [5.41, 5.74) is 1.17. The van der Waals surface area contributed by atoms with Crippen molar-refractivity contribution in [2.45, 2.75) is 0 Å². The van der Waals surface area contributed by atoms with Crippen LogP contribution < -0.4 is 5.32 Å². The summed E-state index contributed by atoms with van der Waals surface area (Å²) >= 11 is 11.8. The van der Waals surface area contributed by atoms with Gasteiger partial charge in [0.05, 0.1) is 22.0 Å². The van der Waals surface area contributed by atoms with Crippen LogP contribution in [0, 0.1) is 0 Å². The van der Waals surface area contributed by atoms with Gasteiger partial charge in [-0.15, -0.1) is 5.10 Å². The lowest BCUT2D eigenvalue weighted by atomic mass is 10.2. The standard InChI is InChI=1S/C16H11Cl2N5O3/c17-11-4-5-13(18)14(7-11)20-15(24)8-26-16(25)10-2-1-3-12(6-10)23-9-19-21-22-23/h1-7,9H,8H2,(H,20,24). The molecule has 0 aliphatic heterocycles. The predicted octanol–water partition coefficient (Wildman–Crippen LogP) is 2.76. The smallest absolute Gasteiger partial charge is 0.338 e. The van der Waals surface area contributed by atoms with Gasteiger partial charge in [0.15, 0.2) is 6.61 Å². The third-order valence-electron chi connectivity index (χ3n) is 3.23. The molecule has 0 aliphatic carbocycles. The Morgan fingerprint density at radius 1 is 1.15 bits per heavy atom. The van der Waals surface area contributed by atoms with Crippen molar-refractivity contribution in [3.63, 3.8) is 0 Å². The van der Waals surface area contributed by atoms with Crippen LogP contribution in [0.3, 0.4) is 0 Å². The van der Waals surface area contributed by atoms with Gasteiger partial charge in [0.1, 0.15) is 6.33 Å². The van der Waals surface area contributed by atoms with Gasteiger partial charge in [0, 0.05) is 5.02 Å². The Bertz CT molecular complexity index is 947. The first-order chi connectivity index (χ1) is 12.5. The molecule has 1 heterocycles. The average molecular weight is 392 g/mol. The Labute approximate surface area is 157 Å². The Morgan fingerprint density at radius 3 is 2.77 bits per heavy atom. The first-order valence-corrected chi connectivity index (χ1v) is 8.04. The molecule has 0 saturated carbocycles. The molecule has 0 aliphatic rings. The van der Waals surface area contributed by atoms with Crippen LogP contribution in [0.4, 0.5) is 5.69 Å². The van der Waals surface area contributed by atoms with Crippen LogP contribution in [0.1, 0.15) is 10.4 Å². The first kappa shape index (κ1) is 17.8. The maximum absolute atomic E-state index is 12.1. The highest BCUT2D eigenvalue weighted by atomic mass is 35.5. The van der Waals surface area contributed by atoms with E-state index in [2.05, 4.69) is 20.8 Å². The number of amides is 1. The molecule has 8 nitrogen and oxygen atoms in total. The van der Waals surface area contributed by atoms with E-state index in [0.29, 0.717) is 21.4 Å². The Hall–Kier alpha value is -2.97. The van der Waals surface area contributed by atoms with Crippen molar-refractivity contribution in [1.29, 1.82) is 0 Å². The van der Waals surface area contributed by atoms with E-state index in [1.165, 1.54) is 17.1 Å². The summed E-state index contributed by atoms with van der Waals surface area (Å²) in [6.07, 6.45) is 1.40. The van der Waals surface area contributed by atoms with Crippen molar-refractivity contribution < 1.29 is 14.3 Å². The number of hydrogen-bond donors (Lipinski definition) is 1. The summed E-state index contributed by atoms with van der Waals surface area (Å²) in [4.78, 5) is 24.1. The zero-order valence-electron chi connectivity index (χ0n) is 13.1. The third kappa shape index (κ3) is 4.35. The average Bonchev–Trinajstić information content (AvgIpc) is 3.17. The van der Waals surface area contributed by atoms with E-state index in [9.17, 15) is 9.59 Å². The van der Waals surface area contributed by atoms with E-state index in [4.69, 9.17) is 27.9 Å². The molecular weight excluding hydrogens is 381 g/mol. The van der Waals surface area contributed by atoms with Crippen LogP contribution in [0.2, 0.25) is 10.0 Å². The predicted molar refractivity (Wildman–Crippen MR) is 94.5 cm³/mol. The molecule has 3 rings (SSSR count). The van der Waals surface area contributed by atoms with Gasteiger partial charge in [-0.3, -0.25) is 4.79 Å². The molecule has 1 aromatic heterocycles. The van der Waals surface area contributed by atoms with Gasteiger partial charge >= 0.3 is 5.97 Å². The van der Waals surface area contributed by atoms with E-state index in [1.807, 2.05) is 0 Å². The SMILES string of the molecule is O=C(COC(=O)c1cccc(-n2cnnn2)c1)Nc1cc(Cl)ccc1Cl. The van der Waals surface area contributed by atoms with Crippen LogP contribution >= 0.6 is 23.2 Å². The fourth-order valence-corrected chi connectivity index (χ4v) is 2.39. The van der Waals surface area contributed by atoms with Crippen molar-refractivity contribution >= 4 is 40.8 Å². The molecule has 0 radical (unpaired) electrons. The van der Waals surface area contributed by atoms with Gasteiger partial charge in [-0.25, -0.2) is 9.48 Å². The van der Waals surface area contributed by atoms with Gasteiger partial charge in [0.25, 0.3) is 5.91 Å². The summed E-state index contributed by atoms with van der Waals surface area (Å²) in [5.74, 6) is -1.20. The van der Waals surface area contributed by atoms with Gasteiger partial charge in [-0.1, -0.05) is 29.3 Å². The van der Waals surface area contributed by atoms with Gasteiger partial charge in [0.2, 0.25) is 0 Å². The lowest BCUT2D eigenvalue weighted by Crippen LogP contribution is -2.21. The monoisotopic (exact) mass is 391 g/mol. The van der Waals surface area contributed by atoms with Crippen LogP contribution in [-0.2, 0) is 9.53 Å². The molecule has 0 saturated heterocycles. The zero-order chi connectivity index (χ0) is 18.5. The Morgan fingerprint density at radius 2 is 2.00 bits per heavy atom. The van der Waals surface area contributed by atoms with E-state index in [-0.39, 0.29) is 5.56 Å². The summed E-state index contributed by atoms with van der Waals surface area (Å²) in [6, 6.07) is 11.1. The molecule has 1 amide bonds. The molecule has 26 heavy (non-hydrogen) atoms. The van der Waals surface area contributed by atoms with E-state index in [1.54, 1.807) is 36.4 Å². The molecule has 0 bridgehead atoms. The van der Waals surface area contributed by atoms with Crippen LogP contribution in [-0.4, -0.2) is 38.7 Å². The Kier molecular flexibility index (Phi) is 5.45. The number of halogens is 2. The second-order valence-corrected chi connectivity index (χ2v) is 5.90. The van der Waals surface area contributed by atoms with Crippen molar-refractivity contribution in [2.24, 2.45) is 0 Å². The summed E-state index contributed by atoms with van der Waals surface area (Å²) in [6.45, 7) is -0.475. The number of ether oxygens (including phenoxy) is 1. The van der Waals surface area contributed by atoms with Crippen molar-refractivity contribution in [1.82, 2.24) is 20.2 Å². The summed E-state index contributed by atoms with van der Waals surface area (Å²) < 4.78 is 6.41. The van der Waals surface area contributed by atoms with Crippen molar-refractivity contribution in [3.8, 4) is 5.69 Å². The molecule has 0 atom stereocenters. The lowest BCUT2D eigenvalue weighted by Gasteiger charge is -2.09. The number of tetrazole rings is 1. The number of carbonyl (C=O) groups is 2. The quantitative estimate of drug-likeness (QED) is 0.671. The number of esters is 1. The third-order valence-corrected chi connectivity index (χ3v) is 3.80. The van der Waals surface area contributed by atoms with Crippen molar-refractivity contribution in [2.75, 3.05) is 11.9 Å². The largest absolute Gasteiger partial charge is 0.452 e. The minimum absolute atomic E-state index is 0.256. The molecule has 10 heteroatoms. The fourth-order valence-electron chi connectivity index (χ4n) is 2.05. The minimum atomic E-state index is -0.660. The fraction of sp³-hybridized carbons (Fsp3) is 0.0625. The van der Waals surface area contributed by atoms with E-state index in [0.717, 1.165) is 0 Å². The highest BCUT2D eigenvalue weighted by Gasteiger charge is 2.13. The van der Waals surface area contributed by atoms with E-state index >= 15 is 0 Å². The molecular formula is C16H11Cl2N5O3. The van der Waals surface area contributed by atoms with Crippen LogP contribution in [0.15, 0.2) is 48.8 Å². The van der Waals surface area contributed by atoms with E-state index < -0.39 is 18.5 Å². The maximum Gasteiger partial charge on any atom is 0.338 e. The number of aromatic nitrogens is 4. The topological polar surface area (TPSA) is 99.0 Å². The van der Waals surface area contributed by atoms with Gasteiger partial charge < -0.3 is 10.1 Å². The lowest BCUT2D eigenvalue weighted by molar-refractivity contribution is -0.119. The zero-order valence-corrected chi connectivity index (χ0v) is 14.6. The molecule has 0 fully saturated rings. The number of hydrogen-bond acceptors (Lipinski definition) is 6. The molecule has 0 spiro atoms. The molecule has 132 valence electrons. The molecule has 2 aromatic carbocycles. The second-order valence-electron chi connectivity index (χ2n) is 5.05. The number of nitrogens with zero attached hydrogens (tertiary/aromatic N) is 4. The highest BCUT2D eigenvalue weighted by molar-refractivity contribution is 6.35. The van der Waals surface area contributed by atoms with Gasteiger partial charge in [-0.2, -0.15) is 0 Å². The molecule has 1 N–H and O–H groups in total. The summed E-state index contributed by atoms with van der Waals surface area (Å²) in [7, 11) is 0. The van der Waals surface area contributed by atoms with Gasteiger partial charge in [-0.05, 0) is 46.8 Å². The summed E-state index contributed by atoms with van der Waals surface area (Å²) in [5, 5.41) is 14.1. The Balaban J connectivity index is 1.61. The number of carbonyl (C=O) groups excluding carboxylic acids is 2. The normalized spacial score (nSPS) is 10.4. The number of anilines is 1. The van der Waals surface area contributed by atoms with Crippen LogP contribution in [0.25, 0.3) is 5.69 Å². The number of benzene rings is 2. The number of rotatable bonds is 5. The minimum Gasteiger partial charge on any atom is -0.452 e. The number of nitrogens with one attached hydrogen (secondary N) is 1. The van der Waals surface area contributed by atoms with Crippen molar-refractivity contribution in [3.05, 3.63) is 64.4 Å². The molecule has 0 unspecified atom stereocenters. The highest BCUT2D eigenvalue weighted by Crippen LogP contribution is 2.25. The maximum atomic E-state index is 12.1. The van der Waals surface area contributed by atoms with Crippen LogP contribution in [0.5, 0.6) is 0 Å². The molecule has 3 aromatic rings. The first-order valence-electron chi connectivity index (χ1n) is 7.28.